The van der Waals surface area contributed by atoms with E-state index < -0.39 is 24.3 Å². The van der Waals surface area contributed by atoms with Gasteiger partial charge in [-0.25, -0.2) is 0 Å². The van der Waals surface area contributed by atoms with Gasteiger partial charge in [0.25, 0.3) is 0 Å². The molecule has 0 aliphatic carbocycles. The summed E-state index contributed by atoms with van der Waals surface area (Å²) in [6.45, 7) is 0. The van der Waals surface area contributed by atoms with Gasteiger partial charge in [-0.2, -0.15) is 25.3 Å². The van der Waals surface area contributed by atoms with Crippen molar-refractivity contribution >= 4 is 37.4 Å². The Hall–Kier alpha value is -0.200. The highest BCUT2D eigenvalue weighted by Crippen LogP contribution is 1.87. The molecule has 0 saturated heterocycles. The standard InChI is InChI=1S/C6H12N2O2S2/c7-5(3-12)6(10)8-4(1-9)2-11/h1,4-5,11-12H,2-3,7H2,(H,8,10)/t4-,5+/m1/s1/i1T/hT. The van der Waals surface area contributed by atoms with Gasteiger partial charge in [-0.3, -0.25) is 4.79 Å². The van der Waals surface area contributed by atoms with E-state index in [1.54, 1.807) is 0 Å². The maximum atomic E-state index is 11.3. The second-order valence-electron chi connectivity index (χ2n) is 2.10. The number of carbonyl (C=O) groups is 2. The summed E-state index contributed by atoms with van der Waals surface area (Å²) in [7, 11) is 0. The van der Waals surface area contributed by atoms with Gasteiger partial charge in [0, 0.05) is 11.5 Å². The van der Waals surface area contributed by atoms with E-state index in [0.29, 0.717) is 0 Å². The van der Waals surface area contributed by atoms with E-state index in [2.05, 4.69) is 30.6 Å². The van der Waals surface area contributed by atoms with Crippen molar-refractivity contribution < 1.29 is 12.4 Å². The molecule has 0 bridgehead atoms. The molecule has 1 amide bonds. The van der Waals surface area contributed by atoms with E-state index in [0.717, 1.165) is 0 Å². The second kappa shape index (κ2) is 6.33. The lowest BCUT2D eigenvalue weighted by Gasteiger charge is -2.12. The van der Waals surface area contributed by atoms with Gasteiger partial charge >= 0.3 is 0 Å². The second-order valence-corrected chi connectivity index (χ2v) is 2.83. The molecule has 0 radical (unpaired) electrons. The molecule has 0 aliphatic heterocycles. The van der Waals surface area contributed by atoms with E-state index in [1.165, 1.54) is 0 Å². The molecule has 6 heteroatoms. The quantitative estimate of drug-likeness (QED) is 0.332. The summed E-state index contributed by atoms with van der Waals surface area (Å²) in [5.41, 5.74) is 1.98. The average molecular weight is 212 g/mol. The third-order valence-electron chi connectivity index (χ3n) is 1.14. The molecule has 0 unspecified atom stereocenters. The summed E-state index contributed by atoms with van der Waals surface area (Å²) in [6.07, 6.45) is -0.906. The number of aldehydes is 1. The maximum absolute atomic E-state index is 11.3. The zero-order valence-corrected chi connectivity index (χ0v) is 8.07. The molecule has 12 heavy (non-hydrogen) atoms. The average Bonchev–Trinajstić information content (AvgIpc) is 2.15. The van der Waals surface area contributed by atoms with Gasteiger partial charge in [0.15, 0.2) is 0 Å². The minimum Gasteiger partial charge on any atom is -0.344 e. The first-order valence-electron chi connectivity index (χ1n) is 4.26. The summed E-state index contributed by atoms with van der Waals surface area (Å²) in [5.74, 6) is -0.332. The Labute approximate surface area is 85.0 Å². The molecule has 3 N–H and O–H groups in total. The van der Waals surface area contributed by atoms with Crippen molar-refractivity contribution in [1.82, 2.24) is 5.32 Å². The predicted molar refractivity (Wildman–Crippen MR) is 53.7 cm³/mol. The van der Waals surface area contributed by atoms with Gasteiger partial charge in [-0.15, -0.1) is 0 Å². The summed E-state index contributed by atoms with van der Waals surface area (Å²) in [6, 6.07) is -1.72. The molecule has 0 rings (SSSR count). The van der Waals surface area contributed by atoms with Crippen LogP contribution in [0.25, 0.3) is 0 Å². The highest BCUT2D eigenvalue weighted by atomic mass is 32.1. The van der Waals surface area contributed by atoms with Crippen LogP contribution in [0.1, 0.15) is 1.37 Å². The smallest absolute Gasteiger partial charge is 0.238 e. The molecular weight excluding hydrogens is 196 g/mol. The Kier molecular flexibility index (Phi) is 4.43. The Morgan fingerprint density at radius 3 is 2.75 bits per heavy atom. The van der Waals surface area contributed by atoms with Crippen molar-refractivity contribution in [3.05, 3.63) is 0 Å². The third-order valence-corrected chi connectivity index (χ3v) is 1.87. The van der Waals surface area contributed by atoms with Crippen LogP contribution in [0.5, 0.6) is 0 Å². The molecule has 0 spiro atoms. The fraction of sp³-hybridized carbons (Fsp3) is 0.667. The largest absolute Gasteiger partial charge is 0.344 e. The minimum absolute atomic E-state index is 0.0609. The lowest BCUT2D eigenvalue weighted by molar-refractivity contribution is -0.124. The minimum atomic E-state index is -0.929. The van der Waals surface area contributed by atoms with E-state index in [1.807, 2.05) is 5.73 Å². The van der Waals surface area contributed by atoms with Crippen LogP contribution in [-0.4, -0.2) is 35.8 Å². The fourth-order valence-corrected chi connectivity index (χ4v) is 0.799. The fourth-order valence-electron chi connectivity index (χ4n) is 0.468. The normalized spacial score (nSPS) is 17.2. The third kappa shape index (κ3) is 3.99. The molecule has 70 valence electrons. The first-order valence-corrected chi connectivity index (χ1v) is 4.53. The molecule has 0 aromatic rings. The summed E-state index contributed by atoms with van der Waals surface area (Å²) >= 11 is 7.66. The van der Waals surface area contributed by atoms with E-state index in [4.69, 9.17) is 2.78 Å². The Balaban J connectivity index is 4.20. The number of nitrogens with two attached hydrogens (primary N) is 1. The summed E-state index contributed by atoms with van der Waals surface area (Å²) in [5, 5.41) is 2.28. The Bertz CT molecular complexity index is 214. The van der Waals surface area contributed by atoms with Gasteiger partial charge in [0.05, 0.1) is 12.1 Å². The van der Waals surface area contributed by atoms with Crippen LogP contribution in [0.15, 0.2) is 0 Å². The van der Waals surface area contributed by atoms with Crippen molar-refractivity contribution in [1.29, 1.82) is 0 Å². The summed E-state index contributed by atoms with van der Waals surface area (Å²) in [4.78, 5) is 21.9. The van der Waals surface area contributed by atoms with Crippen LogP contribution >= 0.6 is 25.3 Å². The van der Waals surface area contributed by atoms with Crippen molar-refractivity contribution in [2.45, 2.75) is 12.1 Å². The first-order chi connectivity index (χ1) is 6.56. The van der Waals surface area contributed by atoms with Crippen molar-refractivity contribution in [3.63, 3.8) is 0 Å². The number of hydrogen-bond acceptors (Lipinski definition) is 5. The highest BCUT2D eigenvalue weighted by molar-refractivity contribution is 7.80. The zero-order chi connectivity index (χ0) is 11.1. The van der Waals surface area contributed by atoms with Crippen molar-refractivity contribution in [2.75, 3.05) is 11.5 Å². The first kappa shape index (κ1) is 8.40. The van der Waals surface area contributed by atoms with E-state index >= 15 is 0 Å². The van der Waals surface area contributed by atoms with Gasteiger partial charge in [-0.1, -0.05) is 0 Å². The van der Waals surface area contributed by atoms with Crippen molar-refractivity contribution in [2.24, 2.45) is 5.73 Å². The van der Waals surface area contributed by atoms with Gasteiger partial charge in [0.2, 0.25) is 5.91 Å². The van der Waals surface area contributed by atoms with Gasteiger partial charge in [0.1, 0.15) is 9.04 Å². The number of hydrogen-bond donors (Lipinski definition) is 4. The zero-order valence-electron chi connectivity index (χ0n) is 8.28. The van der Waals surface area contributed by atoms with Crippen LogP contribution < -0.4 is 11.0 Å². The van der Waals surface area contributed by atoms with Gasteiger partial charge < -0.3 is 15.8 Å². The number of amides is 1. The molecule has 0 aromatic carbocycles. The monoisotopic (exact) mass is 212 g/mol. The van der Waals surface area contributed by atoms with Crippen molar-refractivity contribution in [3.8, 4) is 0 Å². The number of carbonyl (C=O) groups excluding carboxylic acids is 2. The van der Waals surface area contributed by atoms with Crippen LogP contribution in [0.2, 0.25) is 1.41 Å². The lowest BCUT2D eigenvalue weighted by atomic mass is 10.3. The molecule has 0 heterocycles. The number of nitrogens with one attached hydrogen (secondary N) is 1. The van der Waals surface area contributed by atoms with Gasteiger partial charge in [-0.05, 0) is 0 Å². The van der Waals surface area contributed by atoms with Crippen LogP contribution in [0, 0.1) is 0 Å². The molecule has 0 fully saturated rings. The topological polar surface area (TPSA) is 72.2 Å². The van der Waals surface area contributed by atoms with E-state index in [-0.39, 0.29) is 11.5 Å². The molecule has 0 aliphatic rings. The molecule has 0 aromatic heterocycles. The predicted octanol–water partition coefficient (Wildman–Crippen LogP) is -1.14. The van der Waals surface area contributed by atoms with Crippen LogP contribution in [-0.2, 0) is 9.59 Å². The molecule has 0 saturated carbocycles. The lowest BCUT2D eigenvalue weighted by Crippen LogP contribution is -2.47. The SMILES string of the molecule is [3H]N[C@@H](CS)C(=O)N[C@@H](CS)C([3H])=O. The Morgan fingerprint density at radius 1 is 1.75 bits per heavy atom. The van der Waals surface area contributed by atoms with Crippen LogP contribution in [0.3, 0.4) is 0 Å². The highest BCUT2D eigenvalue weighted by Gasteiger charge is 2.14. The number of rotatable bonds is 6. The summed E-state index contributed by atoms with van der Waals surface area (Å²) < 4.78 is 13.6. The van der Waals surface area contributed by atoms with Crippen LogP contribution in [0.4, 0.5) is 0 Å². The van der Waals surface area contributed by atoms with E-state index in [9.17, 15) is 9.59 Å². The Morgan fingerprint density at radius 2 is 2.42 bits per heavy atom. The number of thiol groups is 2. The molecule has 2 atom stereocenters. The maximum Gasteiger partial charge on any atom is 0.238 e. The molecule has 4 nitrogen and oxygen atoms in total. The molecular formula is C6H12N2O2S2.